The van der Waals surface area contributed by atoms with E-state index in [0.29, 0.717) is 21.7 Å². The minimum Gasteiger partial charge on any atom is -0.403 e. The van der Waals surface area contributed by atoms with Gasteiger partial charge in [0, 0.05) is 16.6 Å². The maximum atomic E-state index is 13.6. The molecule has 2 rings (SSSR count). The lowest BCUT2D eigenvalue weighted by Gasteiger charge is -2.11. The number of carbonyl (C=O) groups is 1. The Balaban J connectivity index is 2.09. The molecule has 0 aliphatic rings. The lowest BCUT2D eigenvalue weighted by atomic mass is 10.1. The smallest absolute Gasteiger partial charge is 0.403 e. The third-order valence-corrected chi connectivity index (χ3v) is 3.81. The van der Waals surface area contributed by atoms with E-state index in [4.69, 9.17) is 5.26 Å². The molecule has 0 aromatic heterocycles. The van der Waals surface area contributed by atoms with Gasteiger partial charge in [0.2, 0.25) is 0 Å². The van der Waals surface area contributed by atoms with E-state index in [1.165, 1.54) is 0 Å². The predicted octanol–water partition coefficient (Wildman–Crippen LogP) is 4.29. The fourth-order valence-corrected chi connectivity index (χ4v) is 2.29. The highest BCUT2D eigenvalue weighted by molar-refractivity contribution is 9.10. The van der Waals surface area contributed by atoms with Gasteiger partial charge in [0.25, 0.3) is 5.91 Å². The Bertz CT molecular complexity index is 847. The van der Waals surface area contributed by atoms with Crippen molar-refractivity contribution in [1.82, 2.24) is 5.32 Å². The van der Waals surface area contributed by atoms with Crippen molar-refractivity contribution in [2.45, 2.75) is 12.9 Å². The van der Waals surface area contributed by atoms with Gasteiger partial charge >= 0.3 is 6.36 Å². The summed E-state index contributed by atoms with van der Waals surface area (Å²) in [7, 11) is 0. The van der Waals surface area contributed by atoms with E-state index in [2.05, 4.69) is 26.0 Å². The van der Waals surface area contributed by atoms with Crippen LogP contribution in [0.5, 0.6) is 5.75 Å². The Morgan fingerprint density at radius 3 is 2.56 bits per heavy atom. The summed E-state index contributed by atoms with van der Waals surface area (Å²) in [6.07, 6.45) is -5.03. The van der Waals surface area contributed by atoms with Gasteiger partial charge in [-0.2, -0.15) is 5.26 Å². The number of nitrogens with one attached hydrogen (secondary N) is 1. The average Bonchev–Trinajstić information content (AvgIpc) is 2.54. The molecule has 1 amide bonds. The number of amides is 1. The molecule has 1 N–H and O–H groups in total. The predicted molar refractivity (Wildman–Crippen MR) is 83.1 cm³/mol. The van der Waals surface area contributed by atoms with Gasteiger partial charge in [-0.25, -0.2) is 4.39 Å². The third kappa shape index (κ3) is 5.19. The normalized spacial score (nSPS) is 10.9. The van der Waals surface area contributed by atoms with Crippen molar-refractivity contribution >= 4 is 21.8 Å². The summed E-state index contributed by atoms with van der Waals surface area (Å²) in [5.74, 6) is -3.02. The van der Waals surface area contributed by atoms with Crippen LogP contribution in [0.3, 0.4) is 0 Å². The van der Waals surface area contributed by atoms with Crippen LogP contribution in [0.2, 0.25) is 0 Å². The van der Waals surface area contributed by atoms with Crippen molar-refractivity contribution in [3.8, 4) is 11.8 Å². The number of halogens is 5. The molecule has 0 atom stereocenters. The van der Waals surface area contributed by atoms with Gasteiger partial charge in [-0.15, -0.1) is 13.2 Å². The van der Waals surface area contributed by atoms with Gasteiger partial charge in [0.05, 0.1) is 11.6 Å². The van der Waals surface area contributed by atoms with Crippen LogP contribution in [-0.2, 0) is 6.54 Å². The van der Waals surface area contributed by atoms with Gasteiger partial charge in [-0.3, -0.25) is 4.79 Å². The zero-order valence-electron chi connectivity index (χ0n) is 12.3. The van der Waals surface area contributed by atoms with Crippen molar-refractivity contribution in [3.63, 3.8) is 0 Å². The van der Waals surface area contributed by atoms with Crippen molar-refractivity contribution < 1.29 is 27.1 Å². The van der Waals surface area contributed by atoms with Crippen LogP contribution in [0.15, 0.2) is 40.9 Å². The minimum absolute atomic E-state index is 0.0390. The van der Waals surface area contributed by atoms with E-state index in [0.717, 1.165) is 12.1 Å². The minimum atomic E-state index is -5.03. The Kier molecular flexibility index (Phi) is 5.64. The molecule has 25 heavy (non-hydrogen) atoms. The van der Waals surface area contributed by atoms with E-state index < -0.39 is 23.8 Å². The van der Waals surface area contributed by atoms with E-state index in [-0.39, 0.29) is 12.1 Å². The summed E-state index contributed by atoms with van der Waals surface area (Å²) in [6.45, 7) is 0.0390. The molecule has 0 fully saturated rings. The first-order valence-corrected chi connectivity index (χ1v) is 7.51. The fraction of sp³-hybridized carbons (Fsp3) is 0.125. The lowest BCUT2D eigenvalue weighted by Crippen LogP contribution is -2.23. The Morgan fingerprint density at radius 1 is 1.24 bits per heavy atom. The molecule has 0 heterocycles. The quantitative estimate of drug-likeness (QED) is 0.756. The zero-order chi connectivity index (χ0) is 18.6. The molecular formula is C16H9BrF4N2O2. The second kappa shape index (κ2) is 7.53. The van der Waals surface area contributed by atoms with Crippen LogP contribution >= 0.6 is 15.9 Å². The van der Waals surface area contributed by atoms with Gasteiger partial charge < -0.3 is 10.1 Å². The number of nitriles is 1. The van der Waals surface area contributed by atoms with Crippen LogP contribution in [0, 0.1) is 17.1 Å². The molecule has 4 nitrogen and oxygen atoms in total. The summed E-state index contributed by atoms with van der Waals surface area (Å²) < 4.78 is 54.1. The van der Waals surface area contributed by atoms with Crippen LogP contribution < -0.4 is 10.1 Å². The van der Waals surface area contributed by atoms with Gasteiger partial charge in [-0.05, 0) is 42.0 Å². The second-order valence-electron chi connectivity index (χ2n) is 4.79. The molecule has 0 spiro atoms. The number of alkyl halides is 3. The summed E-state index contributed by atoms with van der Waals surface area (Å²) >= 11 is 3.27. The molecular weight excluding hydrogens is 408 g/mol. The number of hydrogen-bond donors (Lipinski definition) is 1. The maximum Gasteiger partial charge on any atom is 0.573 e. The molecule has 0 aliphatic heterocycles. The summed E-state index contributed by atoms with van der Waals surface area (Å²) in [6, 6.07) is 9.14. The monoisotopic (exact) mass is 416 g/mol. The molecule has 2 aromatic carbocycles. The number of rotatable bonds is 4. The molecule has 130 valence electrons. The number of hydrogen-bond acceptors (Lipinski definition) is 3. The van der Waals surface area contributed by atoms with Crippen molar-refractivity contribution in [3.05, 3.63) is 63.4 Å². The molecule has 2 aromatic rings. The van der Waals surface area contributed by atoms with Crippen LogP contribution in [0.1, 0.15) is 21.5 Å². The average molecular weight is 417 g/mol. The van der Waals surface area contributed by atoms with Crippen molar-refractivity contribution in [2.24, 2.45) is 0 Å². The molecule has 9 heteroatoms. The zero-order valence-corrected chi connectivity index (χ0v) is 13.9. The van der Waals surface area contributed by atoms with Crippen LogP contribution in [0.25, 0.3) is 0 Å². The van der Waals surface area contributed by atoms with Crippen molar-refractivity contribution in [1.29, 1.82) is 5.26 Å². The SMILES string of the molecule is N#Cc1ccc(Br)c(CNC(=O)c2ccc(OC(F)(F)F)c(F)c2)c1. The molecule has 0 radical (unpaired) electrons. The largest absolute Gasteiger partial charge is 0.573 e. The Morgan fingerprint density at radius 2 is 1.96 bits per heavy atom. The van der Waals surface area contributed by atoms with Gasteiger partial charge in [0.1, 0.15) is 0 Å². The topological polar surface area (TPSA) is 62.1 Å². The highest BCUT2D eigenvalue weighted by Crippen LogP contribution is 2.26. The first-order chi connectivity index (χ1) is 11.7. The number of nitrogens with zero attached hydrogens (tertiary/aromatic N) is 1. The number of benzene rings is 2. The van der Waals surface area contributed by atoms with E-state index >= 15 is 0 Å². The molecule has 0 bridgehead atoms. The highest BCUT2D eigenvalue weighted by Gasteiger charge is 2.32. The Hall–Kier alpha value is -2.60. The van der Waals surface area contributed by atoms with Crippen LogP contribution in [-0.4, -0.2) is 12.3 Å². The molecule has 0 aliphatic carbocycles. The maximum absolute atomic E-state index is 13.6. The lowest BCUT2D eigenvalue weighted by molar-refractivity contribution is -0.275. The van der Waals surface area contributed by atoms with Crippen molar-refractivity contribution in [2.75, 3.05) is 0 Å². The standard InChI is InChI=1S/C16H9BrF4N2O2/c17-12-3-1-9(7-22)5-11(12)8-23-15(24)10-2-4-14(13(18)6-10)25-16(19,20)21/h1-6H,8H2,(H,23,24). The molecule has 0 saturated heterocycles. The number of ether oxygens (including phenoxy) is 1. The highest BCUT2D eigenvalue weighted by atomic mass is 79.9. The fourth-order valence-electron chi connectivity index (χ4n) is 1.91. The first-order valence-electron chi connectivity index (χ1n) is 6.71. The summed E-state index contributed by atoms with van der Waals surface area (Å²) in [5.41, 5.74) is 0.844. The third-order valence-electron chi connectivity index (χ3n) is 3.03. The molecule has 0 saturated carbocycles. The summed E-state index contributed by atoms with van der Waals surface area (Å²) in [5, 5.41) is 11.4. The van der Waals surface area contributed by atoms with E-state index in [1.807, 2.05) is 6.07 Å². The summed E-state index contributed by atoms with van der Waals surface area (Å²) in [4.78, 5) is 12.0. The second-order valence-corrected chi connectivity index (χ2v) is 5.65. The van der Waals surface area contributed by atoms with Crippen LogP contribution in [0.4, 0.5) is 17.6 Å². The first kappa shape index (κ1) is 18.7. The van der Waals surface area contributed by atoms with Gasteiger partial charge in [0.15, 0.2) is 11.6 Å². The van der Waals surface area contributed by atoms with E-state index in [9.17, 15) is 22.4 Å². The van der Waals surface area contributed by atoms with E-state index in [1.54, 1.807) is 18.2 Å². The number of carbonyl (C=O) groups excluding carboxylic acids is 1. The molecule has 0 unspecified atom stereocenters. The van der Waals surface area contributed by atoms with Gasteiger partial charge in [-0.1, -0.05) is 15.9 Å². The Labute approximate surface area is 148 Å².